The maximum absolute atomic E-state index is 11.8. The molecule has 1 amide bonds. The molecule has 0 unspecified atom stereocenters. The Labute approximate surface area is 148 Å². The predicted molar refractivity (Wildman–Crippen MR) is 90.9 cm³/mol. The van der Waals surface area contributed by atoms with E-state index in [0.717, 1.165) is 0 Å². The standard InChI is InChI=1S/C17H12Cl2N2O3/c18-13-6-5-12(9-20)15(8-13)21-16(22)10-24-17(23)7-11-3-1-2-4-14(11)19/h1-6,8H,7,10H2,(H,21,22). The van der Waals surface area contributed by atoms with E-state index >= 15 is 0 Å². The maximum Gasteiger partial charge on any atom is 0.310 e. The Morgan fingerprint density at radius 2 is 1.92 bits per heavy atom. The van der Waals surface area contributed by atoms with Crippen molar-refractivity contribution in [3.8, 4) is 6.07 Å². The van der Waals surface area contributed by atoms with Crippen molar-refractivity contribution < 1.29 is 14.3 Å². The molecule has 24 heavy (non-hydrogen) atoms. The zero-order chi connectivity index (χ0) is 17.5. The summed E-state index contributed by atoms with van der Waals surface area (Å²) in [5.41, 5.74) is 1.14. The van der Waals surface area contributed by atoms with Gasteiger partial charge in [0.2, 0.25) is 0 Å². The Morgan fingerprint density at radius 3 is 2.62 bits per heavy atom. The SMILES string of the molecule is N#Cc1ccc(Cl)cc1NC(=O)COC(=O)Cc1ccccc1Cl. The third-order valence-electron chi connectivity index (χ3n) is 3.03. The molecular formula is C17H12Cl2N2O3. The van der Waals surface area contributed by atoms with Crippen LogP contribution in [0.25, 0.3) is 0 Å². The molecule has 0 aliphatic rings. The summed E-state index contributed by atoms with van der Waals surface area (Å²) in [5, 5.41) is 12.3. The highest BCUT2D eigenvalue weighted by Crippen LogP contribution is 2.20. The number of carbonyl (C=O) groups excluding carboxylic acids is 2. The molecule has 0 spiro atoms. The molecule has 0 aromatic heterocycles. The Balaban J connectivity index is 1.90. The molecule has 5 nitrogen and oxygen atoms in total. The molecule has 0 aliphatic carbocycles. The number of hydrogen-bond donors (Lipinski definition) is 1. The van der Waals surface area contributed by atoms with E-state index in [4.69, 9.17) is 33.2 Å². The summed E-state index contributed by atoms with van der Waals surface area (Å²) >= 11 is 11.8. The minimum atomic E-state index is -0.579. The van der Waals surface area contributed by atoms with Crippen molar-refractivity contribution >= 4 is 40.8 Å². The normalized spacial score (nSPS) is 9.88. The van der Waals surface area contributed by atoms with Gasteiger partial charge >= 0.3 is 5.97 Å². The maximum atomic E-state index is 11.8. The number of rotatable bonds is 5. The summed E-state index contributed by atoms with van der Waals surface area (Å²) in [6.45, 7) is -0.472. The largest absolute Gasteiger partial charge is 0.455 e. The molecule has 0 radical (unpaired) electrons. The van der Waals surface area contributed by atoms with Gasteiger partial charge in [0, 0.05) is 10.0 Å². The van der Waals surface area contributed by atoms with Crippen LogP contribution in [0.3, 0.4) is 0 Å². The first kappa shape index (κ1) is 17.8. The Morgan fingerprint density at radius 1 is 1.17 bits per heavy atom. The van der Waals surface area contributed by atoms with Gasteiger partial charge in [0.15, 0.2) is 6.61 Å². The van der Waals surface area contributed by atoms with Gasteiger partial charge in [-0.3, -0.25) is 9.59 Å². The second kappa shape index (κ2) is 8.34. The molecule has 2 aromatic rings. The van der Waals surface area contributed by atoms with Crippen LogP contribution in [0.4, 0.5) is 5.69 Å². The van der Waals surface area contributed by atoms with Crippen LogP contribution < -0.4 is 5.32 Å². The van der Waals surface area contributed by atoms with Gasteiger partial charge in [0.05, 0.1) is 17.7 Å². The van der Waals surface area contributed by atoms with Crippen molar-refractivity contribution in [1.82, 2.24) is 0 Å². The van der Waals surface area contributed by atoms with Gasteiger partial charge in [0.25, 0.3) is 5.91 Å². The first-order chi connectivity index (χ1) is 11.5. The van der Waals surface area contributed by atoms with E-state index in [1.165, 1.54) is 12.1 Å². The first-order valence-corrected chi connectivity index (χ1v) is 7.63. The average molecular weight is 363 g/mol. The van der Waals surface area contributed by atoms with Crippen LogP contribution in [0.1, 0.15) is 11.1 Å². The molecule has 0 aliphatic heterocycles. The summed E-state index contributed by atoms with van der Waals surface area (Å²) in [5.74, 6) is -1.15. The lowest BCUT2D eigenvalue weighted by atomic mass is 10.1. The van der Waals surface area contributed by atoms with Crippen LogP contribution in [0.2, 0.25) is 10.0 Å². The number of nitriles is 1. The van der Waals surface area contributed by atoms with Gasteiger partial charge in [0.1, 0.15) is 6.07 Å². The Kier molecular flexibility index (Phi) is 6.19. The number of anilines is 1. The second-order valence-electron chi connectivity index (χ2n) is 4.78. The first-order valence-electron chi connectivity index (χ1n) is 6.88. The van der Waals surface area contributed by atoms with Crippen LogP contribution in [0.15, 0.2) is 42.5 Å². The van der Waals surface area contributed by atoms with Crippen molar-refractivity contribution in [2.75, 3.05) is 11.9 Å². The fourth-order valence-corrected chi connectivity index (χ4v) is 2.27. The van der Waals surface area contributed by atoms with Crippen LogP contribution >= 0.6 is 23.2 Å². The molecule has 1 N–H and O–H groups in total. The van der Waals surface area contributed by atoms with Gasteiger partial charge in [-0.1, -0.05) is 41.4 Å². The number of carbonyl (C=O) groups is 2. The summed E-state index contributed by atoms with van der Waals surface area (Å²) < 4.78 is 4.91. The van der Waals surface area contributed by atoms with Gasteiger partial charge in [-0.15, -0.1) is 0 Å². The van der Waals surface area contributed by atoms with Gasteiger partial charge in [-0.05, 0) is 29.8 Å². The molecule has 0 saturated heterocycles. The number of hydrogen-bond acceptors (Lipinski definition) is 4. The molecular weight excluding hydrogens is 351 g/mol. The summed E-state index contributed by atoms with van der Waals surface area (Å²) in [6.07, 6.45) is -0.0342. The average Bonchev–Trinajstić information content (AvgIpc) is 2.55. The fourth-order valence-electron chi connectivity index (χ4n) is 1.90. The van der Waals surface area contributed by atoms with E-state index in [1.54, 1.807) is 30.3 Å². The molecule has 2 aromatic carbocycles. The van der Waals surface area contributed by atoms with E-state index in [1.807, 2.05) is 6.07 Å². The van der Waals surface area contributed by atoms with Crippen molar-refractivity contribution in [3.63, 3.8) is 0 Å². The monoisotopic (exact) mass is 362 g/mol. The molecule has 0 fully saturated rings. The highest BCUT2D eigenvalue weighted by atomic mass is 35.5. The van der Waals surface area contributed by atoms with Gasteiger partial charge in [-0.25, -0.2) is 0 Å². The molecule has 2 rings (SSSR count). The third-order valence-corrected chi connectivity index (χ3v) is 3.64. The minimum absolute atomic E-state index is 0.0342. The smallest absolute Gasteiger partial charge is 0.310 e. The highest BCUT2D eigenvalue weighted by Gasteiger charge is 2.12. The number of ether oxygens (including phenoxy) is 1. The van der Waals surface area contributed by atoms with Crippen molar-refractivity contribution in [2.45, 2.75) is 6.42 Å². The fraction of sp³-hybridized carbons (Fsp3) is 0.118. The van der Waals surface area contributed by atoms with E-state index in [0.29, 0.717) is 15.6 Å². The van der Waals surface area contributed by atoms with Gasteiger partial charge < -0.3 is 10.1 Å². The van der Waals surface area contributed by atoms with Crippen LogP contribution in [-0.2, 0) is 20.7 Å². The molecule has 122 valence electrons. The molecule has 0 saturated carbocycles. The number of amides is 1. The summed E-state index contributed by atoms with van der Waals surface area (Å²) in [7, 11) is 0. The molecule has 7 heteroatoms. The number of nitrogens with zero attached hydrogens (tertiary/aromatic N) is 1. The summed E-state index contributed by atoms with van der Waals surface area (Å²) in [4.78, 5) is 23.6. The van der Waals surface area contributed by atoms with E-state index in [9.17, 15) is 9.59 Å². The molecule has 0 bridgehead atoms. The van der Waals surface area contributed by atoms with Crippen molar-refractivity contribution in [3.05, 3.63) is 63.6 Å². The van der Waals surface area contributed by atoms with Crippen LogP contribution in [-0.4, -0.2) is 18.5 Å². The molecule has 0 heterocycles. The van der Waals surface area contributed by atoms with Gasteiger partial charge in [-0.2, -0.15) is 5.26 Å². The van der Waals surface area contributed by atoms with E-state index in [2.05, 4.69) is 5.32 Å². The topological polar surface area (TPSA) is 79.2 Å². The minimum Gasteiger partial charge on any atom is -0.455 e. The lowest BCUT2D eigenvalue weighted by molar-refractivity contribution is -0.146. The van der Waals surface area contributed by atoms with E-state index in [-0.39, 0.29) is 17.7 Å². The van der Waals surface area contributed by atoms with E-state index < -0.39 is 18.5 Å². The second-order valence-corrected chi connectivity index (χ2v) is 5.62. The lowest BCUT2D eigenvalue weighted by Crippen LogP contribution is -2.22. The zero-order valence-electron chi connectivity index (χ0n) is 12.4. The van der Waals surface area contributed by atoms with Crippen molar-refractivity contribution in [1.29, 1.82) is 5.26 Å². The number of benzene rings is 2. The van der Waals surface area contributed by atoms with Crippen LogP contribution in [0, 0.1) is 11.3 Å². The van der Waals surface area contributed by atoms with Crippen LogP contribution in [0.5, 0.6) is 0 Å². The highest BCUT2D eigenvalue weighted by molar-refractivity contribution is 6.31. The Hall–Kier alpha value is -2.55. The quantitative estimate of drug-likeness (QED) is 0.824. The third kappa shape index (κ3) is 4.98. The lowest BCUT2D eigenvalue weighted by Gasteiger charge is -2.09. The van der Waals surface area contributed by atoms with Crippen molar-refractivity contribution in [2.24, 2.45) is 0 Å². The predicted octanol–water partition coefficient (Wildman–Crippen LogP) is 3.59. The number of nitrogens with one attached hydrogen (secondary N) is 1. The molecule has 0 atom stereocenters. The Bertz CT molecular complexity index is 816. The summed E-state index contributed by atoms with van der Waals surface area (Å²) in [6, 6.07) is 13.3. The zero-order valence-corrected chi connectivity index (χ0v) is 13.9. The number of halogens is 2. The number of esters is 1.